The van der Waals surface area contributed by atoms with Crippen LogP contribution in [0, 0.1) is 24.0 Å². The molecule has 0 radical (unpaired) electrons. The molecule has 0 aliphatic rings. The summed E-state index contributed by atoms with van der Waals surface area (Å²) in [6, 6.07) is 3.37. The summed E-state index contributed by atoms with van der Waals surface area (Å²) < 4.78 is 0. The lowest BCUT2D eigenvalue weighted by atomic mass is 10.2. The zero-order chi connectivity index (χ0) is 12.6. The van der Waals surface area contributed by atoms with Crippen LogP contribution in [-0.2, 0) is 0 Å². The molecular weight excluding hydrogens is 220 g/mol. The van der Waals surface area contributed by atoms with Gasteiger partial charge in [0.15, 0.2) is 5.52 Å². The second-order valence-corrected chi connectivity index (χ2v) is 3.73. The number of nitro benzene ring substituents is 1. The number of rotatable bonds is 2. The SMILES string of the molecule is CNc1ccc2nc(C)c(C)nc2c1[N+](=O)[O-]. The second-order valence-electron chi connectivity index (χ2n) is 3.73. The van der Waals surface area contributed by atoms with Gasteiger partial charge in [0, 0.05) is 7.05 Å². The second kappa shape index (κ2) is 3.97. The van der Waals surface area contributed by atoms with E-state index in [2.05, 4.69) is 15.3 Å². The Kier molecular flexibility index (Phi) is 2.63. The Morgan fingerprint density at radius 2 is 1.88 bits per heavy atom. The predicted molar refractivity (Wildman–Crippen MR) is 65.2 cm³/mol. The van der Waals surface area contributed by atoms with Crippen LogP contribution in [-0.4, -0.2) is 21.9 Å². The van der Waals surface area contributed by atoms with Gasteiger partial charge in [0.1, 0.15) is 5.69 Å². The molecule has 0 aliphatic heterocycles. The van der Waals surface area contributed by atoms with Gasteiger partial charge < -0.3 is 5.32 Å². The summed E-state index contributed by atoms with van der Waals surface area (Å²) in [6.45, 7) is 3.62. The summed E-state index contributed by atoms with van der Waals surface area (Å²) in [4.78, 5) is 19.2. The molecule has 2 rings (SSSR count). The maximum absolute atomic E-state index is 11.1. The fourth-order valence-corrected chi connectivity index (χ4v) is 1.67. The van der Waals surface area contributed by atoms with E-state index in [-0.39, 0.29) is 5.69 Å². The van der Waals surface area contributed by atoms with Gasteiger partial charge in [0.05, 0.1) is 21.8 Å². The molecule has 1 aromatic heterocycles. The quantitative estimate of drug-likeness (QED) is 0.634. The van der Waals surface area contributed by atoms with Crippen LogP contribution in [0.25, 0.3) is 11.0 Å². The lowest BCUT2D eigenvalue weighted by Crippen LogP contribution is -2.01. The minimum Gasteiger partial charge on any atom is -0.382 e. The van der Waals surface area contributed by atoms with Crippen molar-refractivity contribution in [3.05, 3.63) is 33.6 Å². The van der Waals surface area contributed by atoms with Gasteiger partial charge in [-0.05, 0) is 26.0 Å². The van der Waals surface area contributed by atoms with Crippen LogP contribution < -0.4 is 5.32 Å². The Morgan fingerprint density at radius 1 is 1.24 bits per heavy atom. The smallest absolute Gasteiger partial charge is 0.319 e. The summed E-state index contributed by atoms with van der Waals surface area (Å²) in [6.07, 6.45) is 0. The van der Waals surface area contributed by atoms with Crippen LogP contribution in [0.1, 0.15) is 11.4 Å². The van der Waals surface area contributed by atoms with E-state index in [9.17, 15) is 10.1 Å². The van der Waals surface area contributed by atoms with Crippen molar-refractivity contribution in [2.45, 2.75) is 13.8 Å². The monoisotopic (exact) mass is 232 g/mol. The summed E-state index contributed by atoms with van der Waals surface area (Å²) in [5.74, 6) is 0. The highest BCUT2D eigenvalue weighted by molar-refractivity contribution is 5.91. The summed E-state index contributed by atoms with van der Waals surface area (Å²) in [5.41, 5.74) is 2.77. The Balaban J connectivity index is 2.89. The van der Waals surface area contributed by atoms with Gasteiger partial charge in [0.2, 0.25) is 0 Å². The minimum absolute atomic E-state index is 0.0272. The average Bonchev–Trinajstić information content (AvgIpc) is 2.29. The first kappa shape index (κ1) is 11.3. The highest BCUT2D eigenvalue weighted by Gasteiger charge is 2.20. The molecule has 0 aliphatic carbocycles. The van der Waals surface area contributed by atoms with Crippen molar-refractivity contribution in [2.75, 3.05) is 12.4 Å². The van der Waals surface area contributed by atoms with Gasteiger partial charge in [-0.2, -0.15) is 0 Å². The molecule has 0 spiro atoms. The van der Waals surface area contributed by atoms with Crippen LogP contribution in [0.5, 0.6) is 0 Å². The molecule has 0 unspecified atom stereocenters. The molecule has 0 fully saturated rings. The molecule has 0 atom stereocenters. The van der Waals surface area contributed by atoms with Crippen LogP contribution >= 0.6 is 0 Å². The van der Waals surface area contributed by atoms with E-state index in [1.54, 1.807) is 26.1 Å². The van der Waals surface area contributed by atoms with Crippen LogP contribution in [0.3, 0.4) is 0 Å². The number of aryl methyl sites for hydroxylation is 2. The number of nitro groups is 1. The van der Waals surface area contributed by atoms with Gasteiger partial charge >= 0.3 is 5.69 Å². The van der Waals surface area contributed by atoms with Crippen molar-refractivity contribution in [1.82, 2.24) is 9.97 Å². The minimum atomic E-state index is -0.433. The van der Waals surface area contributed by atoms with E-state index in [0.717, 1.165) is 5.69 Å². The fourth-order valence-electron chi connectivity index (χ4n) is 1.67. The van der Waals surface area contributed by atoms with Gasteiger partial charge in [0.25, 0.3) is 0 Å². The molecule has 0 amide bonds. The Labute approximate surface area is 97.9 Å². The van der Waals surface area contributed by atoms with Crippen molar-refractivity contribution in [3.8, 4) is 0 Å². The number of hydrogen-bond acceptors (Lipinski definition) is 5. The van der Waals surface area contributed by atoms with Crippen molar-refractivity contribution < 1.29 is 4.92 Å². The average molecular weight is 232 g/mol. The third-order valence-electron chi connectivity index (χ3n) is 2.67. The van der Waals surface area contributed by atoms with Crippen molar-refractivity contribution in [1.29, 1.82) is 0 Å². The lowest BCUT2D eigenvalue weighted by Gasteiger charge is -2.06. The topological polar surface area (TPSA) is 81.0 Å². The molecule has 2 aromatic rings. The standard InChI is InChI=1S/C11H12N4O2/c1-6-7(2)14-10-8(13-6)4-5-9(12-3)11(10)15(16)17/h4-5,12H,1-3H3. The van der Waals surface area contributed by atoms with Crippen LogP contribution in [0.2, 0.25) is 0 Å². The van der Waals surface area contributed by atoms with Gasteiger partial charge in [-0.3, -0.25) is 10.1 Å². The van der Waals surface area contributed by atoms with E-state index in [0.29, 0.717) is 22.4 Å². The van der Waals surface area contributed by atoms with Gasteiger partial charge in [-0.1, -0.05) is 0 Å². The Hall–Kier alpha value is -2.24. The molecule has 1 N–H and O–H groups in total. The molecular formula is C11H12N4O2. The van der Waals surface area contributed by atoms with Gasteiger partial charge in [-0.25, -0.2) is 9.97 Å². The van der Waals surface area contributed by atoms with E-state index >= 15 is 0 Å². The lowest BCUT2D eigenvalue weighted by molar-refractivity contribution is -0.382. The van der Waals surface area contributed by atoms with Crippen molar-refractivity contribution >= 4 is 22.4 Å². The maximum Gasteiger partial charge on any atom is 0.319 e. The number of anilines is 1. The van der Waals surface area contributed by atoms with Crippen LogP contribution in [0.4, 0.5) is 11.4 Å². The van der Waals surface area contributed by atoms with E-state index in [1.165, 1.54) is 0 Å². The number of aromatic nitrogens is 2. The maximum atomic E-state index is 11.1. The number of nitrogens with zero attached hydrogens (tertiary/aromatic N) is 3. The third kappa shape index (κ3) is 1.77. The van der Waals surface area contributed by atoms with E-state index in [4.69, 9.17) is 0 Å². The molecule has 17 heavy (non-hydrogen) atoms. The normalized spacial score (nSPS) is 10.5. The predicted octanol–water partition coefficient (Wildman–Crippen LogP) is 2.20. The first-order valence-corrected chi connectivity index (χ1v) is 5.14. The zero-order valence-corrected chi connectivity index (χ0v) is 9.81. The first-order chi connectivity index (χ1) is 8.04. The van der Waals surface area contributed by atoms with Crippen molar-refractivity contribution in [3.63, 3.8) is 0 Å². The molecule has 1 heterocycles. The van der Waals surface area contributed by atoms with Gasteiger partial charge in [-0.15, -0.1) is 0 Å². The molecule has 6 heteroatoms. The van der Waals surface area contributed by atoms with E-state index in [1.807, 2.05) is 6.92 Å². The number of fused-ring (bicyclic) bond motifs is 1. The third-order valence-corrected chi connectivity index (χ3v) is 2.67. The molecule has 1 aromatic carbocycles. The number of benzene rings is 1. The Bertz CT molecular complexity index is 610. The Morgan fingerprint density at radius 3 is 2.47 bits per heavy atom. The summed E-state index contributed by atoms with van der Waals surface area (Å²) >= 11 is 0. The largest absolute Gasteiger partial charge is 0.382 e. The molecule has 6 nitrogen and oxygen atoms in total. The summed E-state index contributed by atoms with van der Waals surface area (Å²) in [7, 11) is 1.64. The molecule has 0 saturated carbocycles. The highest BCUT2D eigenvalue weighted by Crippen LogP contribution is 2.31. The first-order valence-electron chi connectivity index (χ1n) is 5.14. The zero-order valence-electron chi connectivity index (χ0n) is 9.81. The summed E-state index contributed by atoms with van der Waals surface area (Å²) in [5, 5.41) is 13.9. The van der Waals surface area contributed by atoms with Crippen LogP contribution in [0.15, 0.2) is 12.1 Å². The van der Waals surface area contributed by atoms with Crippen molar-refractivity contribution in [2.24, 2.45) is 0 Å². The molecule has 0 saturated heterocycles. The van der Waals surface area contributed by atoms with E-state index < -0.39 is 4.92 Å². The number of nitrogens with one attached hydrogen (secondary N) is 1. The highest BCUT2D eigenvalue weighted by atomic mass is 16.6. The molecule has 0 bridgehead atoms. The molecule has 88 valence electrons. The number of hydrogen-bond donors (Lipinski definition) is 1. The fraction of sp³-hybridized carbons (Fsp3) is 0.273.